The van der Waals surface area contributed by atoms with Gasteiger partial charge in [0.25, 0.3) is 0 Å². The van der Waals surface area contributed by atoms with Gasteiger partial charge >= 0.3 is 0 Å². The lowest BCUT2D eigenvalue weighted by Gasteiger charge is -2.27. The normalized spacial score (nSPS) is 29.9. The van der Waals surface area contributed by atoms with Gasteiger partial charge in [-0.1, -0.05) is 6.07 Å². The van der Waals surface area contributed by atoms with Gasteiger partial charge in [-0.05, 0) is 18.6 Å². The number of nitrogens with two attached hydrogens (primary N) is 1. The molecule has 0 radical (unpaired) electrons. The summed E-state index contributed by atoms with van der Waals surface area (Å²) in [6.07, 6.45) is 1.54. The number of rotatable bonds is 1. The minimum Gasteiger partial charge on any atom is -0.384 e. The number of anilines is 2. The summed E-state index contributed by atoms with van der Waals surface area (Å²) in [7, 11) is 0. The lowest BCUT2D eigenvalue weighted by atomic mass is 10.2. The molecular weight excluding hydrogens is 178 g/mol. The van der Waals surface area contributed by atoms with Crippen molar-refractivity contribution in [1.29, 1.82) is 0 Å². The maximum Gasteiger partial charge on any atom is 0.131 e. The van der Waals surface area contributed by atoms with Crippen LogP contribution in [-0.4, -0.2) is 30.3 Å². The molecule has 0 saturated carbocycles. The molecule has 1 aromatic heterocycles. The molecule has 14 heavy (non-hydrogen) atoms. The lowest BCUT2D eigenvalue weighted by Crippen LogP contribution is -2.37. The van der Waals surface area contributed by atoms with Crippen molar-refractivity contribution in [2.75, 3.05) is 23.8 Å². The first-order valence-corrected chi connectivity index (χ1v) is 4.94. The van der Waals surface area contributed by atoms with E-state index in [2.05, 4.69) is 9.88 Å². The zero-order valence-electron chi connectivity index (χ0n) is 7.89. The van der Waals surface area contributed by atoms with Crippen LogP contribution in [0.15, 0.2) is 18.2 Å². The summed E-state index contributed by atoms with van der Waals surface area (Å²) >= 11 is 0. The fourth-order valence-corrected chi connectivity index (χ4v) is 2.28. The number of ether oxygens (including phenoxy) is 1. The Bertz CT molecular complexity index is 355. The molecule has 2 atom stereocenters. The SMILES string of the molecule is Nc1cccc(N2CC3CC2CO3)n1. The molecule has 2 aliphatic heterocycles. The van der Waals surface area contributed by atoms with Gasteiger partial charge in [0.2, 0.25) is 0 Å². The molecule has 1 aromatic rings. The van der Waals surface area contributed by atoms with Crippen LogP contribution in [0.5, 0.6) is 0 Å². The van der Waals surface area contributed by atoms with Crippen molar-refractivity contribution in [1.82, 2.24) is 4.98 Å². The zero-order chi connectivity index (χ0) is 9.54. The molecule has 0 spiro atoms. The Hall–Kier alpha value is -1.29. The van der Waals surface area contributed by atoms with Gasteiger partial charge in [-0.25, -0.2) is 4.98 Å². The van der Waals surface area contributed by atoms with E-state index in [1.54, 1.807) is 0 Å². The van der Waals surface area contributed by atoms with Crippen LogP contribution in [0.2, 0.25) is 0 Å². The van der Waals surface area contributed by atoms with Crippen molar-refractivity contribution < 1.29 is 4.74 Å². The molecule has 74 valence electrons. The van der Waals surface area contributed by atoms with Crippen LogP contribution in [0.25, 0.3) is 0 Å². The molecule has 2 fully saturated rings. The monoisotopic (exact) mass is 191 g/mol. The van der Waals surface area contributed by atoms with E-state index in [0.717, 1.165) is 25.4 Å². The van der Waals surface area contributed by atoms with E-state index in [-0.39, 0.29) is 0 Å². The van der Waals surface area contributed by atoms with Crippen molar-refractivity contribution >= 4 is 11.6 Å². The van der Waals surface area contributed by atoms with Crippen LogP contribution in [0.4, 0.5) is 11.6 Å². The third kappa shape index (κ3) is 1.14. The molecule has 2 bridgehead atoms. The van der Waals surface area contributed by atoms with Crippen molar-refractivity contribution in [3.05, 3.63) is 18.2 Å². The minimum atomic E-state index is 0.406. The van der Waals surface area contributed by atoms with E-state index in [4.69, 9.17) is 10.5 Å². The Balaban J connectivity index is 1.89. The van der Waals surface area contributed by atoms with Gasteiger partial charge in [0.15, 0.2) is 0 Å². The fraction of sp³-hybridized carbons (Fsp3) is 0.500. The maximum absolute atomic E-state index is 5.66. The van der Waals surface area contributed by atoms with Crippen molar-refractivity contribution in [3.8, 4) is 0 Å². The second-order valence-electron chi connectivity index (χ2n) is 3.92. The number of morpholine rings is 1. The highest BCUT2D eigenvalue weighted by Gasteiger charge is 2.39. The fourth-order valence-electron chi connectivity index (χ4n) is 2.28. The summed E-state index contributed by atoms with van der Waals surface area (Å²) in [5.41, 5.74) is 5.66. The highest BCUT2D eigenvalue weighted by molar-refractivity contribution is 5.47. The lowest BCUT2D eigenvalue weighted by molar-refractivity contribution is 0.0989. The average molecular weight is 191 g/mol. The molecule has 2 aliphatic rings. The molecule has 3 rings (SSSR count). The average Bonchev–Trinajstić information content (AvgIpc) is 2.78. The van der Waals surface area contributed by atoms with Crippen molar-refractivity contribution in [3.63, 3.8) is 0 Å². The summed E-state index contributed by atoms with van der Waals surface area (Å²) in [6, 6.07) is 6.28. The highest BCUT2D eigenvalue weighted by Crippen LogP contribution is 2.31. The van der Waals surface area contributed by atoms with Gasteiger partial charge in [-0.2, -0.15) is 0 Å². The number of hydrogen-bond donors (Lipinski definition) is 1. The number of aromatic nitrogens is 1. The largest absolute Gasteiger partial charge is 0.384 e. The molecule has 0 aliphatic carbocycles. The zero-order valence-corrected chi connectivity index (χ0v) is 7.89. The van der Waals surface area contributed by atoms with Gasteiger partial charge < -0.3 is 15.4 Å². The van der Waals surface area contributed by atoms with E-state index in [9.17, 15) is 0 Å². The molecule has 2 unspecified atom stereocenters. The van der Waals surface area contributed by atoms with E-state index in [1.807, 2.05) is 18.2 Å². The van der Waals surface area contributed by atoms with E-state index in [1.165, 1.54) is 0 Å². The second kappa shape index (κ2) is 2.85. The Morgan fingerprint density at radius 1 is 1.50 bits per heavy atom. The molecule has 4 nitrogen and oxygen atoms in total. The first-order chi connectivity index (χ1) is 6.83. The number of pyridine rings is 1. The summed E-state index contributed by atoms with van der Waals surface area (Å²) < 4.78 is 5.53. The van der Waals surface area contributed by atoms with Crippen LogP contribution >= 0.6 is 0 Å². The van der Waals surface area contributed by atoms with E-state index in [0.29, 0.717) is 18.0 Å². The Labute approximate surface area is 82.7 Å². The van der Waals surface area contributed by atoms with Crippen LogP contribution < -0.4 is 10.6 Å². The van der Waals surface area contributed by atoms with E-state index < -0.39 is 0 Å². The van der Waals surface area contributed by atoms with E-state index >= 15 is 0 Å². The van der Waals surface area contributed by atoms with Crippen molar-refractivity contribution in [2.45, 2.75) is 18.6 Å². The van der Waals surface area contributed by atoms with Gasteiger partial charge in [0.05, 0.1) is 18.8 Å². The smallest absolute Gasteiger partial charge is 0.131 e. The molecule has 0 amide bonds. The first-order valence-electron chi connectivity index (χ1n) is 4.94. The molecule has 0 aromatic carbocycles. The Morgan fingerprint density at radius 2 is 2.43 bits per heavy atom. The number of fused-ring (bicyclic) bond motifs is 2. The Kier molecular flexibility index (Phi) is 1.64. The third-order valence-electron chi connectivity index (χ3n) is 2.95. The second-order valence-corrected chi connectivity index (χ2v) is 3.92. The predicted molar refractivity (Wildman–Crippen MR) is 54.1 cm³/mol. The first kappa shape index (κ1) is 8.05. The summed E-state index contributed by atoms with van der Waals surface area (Å²) in [4.78, 5) is 6.62. The van der Waals surface area contributed by atoms with Crippen LogP contribution in [-0.2, 0) is 4.74 Å². The van der Waals surface area contributed by atoms with Gasteiger partial charge in [0, 0.05) is 6.54 Å². The number of nitrogen functional groups attached to an aromatic ring is 1. The summed E-state index contributed by atoms with van der Waals surface area (Å²) in [6.45, 7) is 1.79. The topological polar surface area (TPSA) is 51.4 Å². The van der Waals surface area contributed by atoms with Gasteiger partial charge in [0.1, 0.15) is 11.6 Å². The Morgan fingerprint density at radius 3 is 3.07 bits per heavy atom. The third-order valence-corrected chi connectivity index (χ3v) is 2.95. The quantitative estimate of drug-likeness (QED) is 0.707. The molecule has 3 heterocycles. The number of nitrogens with zero attached hydrogens (tertiary/aromatic N) is 2. The standard InChI is InChI=1S/C10H13N3O/c11-9-2-1-3-10(12-9)13-5-8-4-7(13)6-14-8/h1-3,7-8H,4-6H2,(H2,11,12). The summed E-state index contributed by atoms with van der Waals surface area (Å²) in [5.74, 6) is 1.58. The van der Waals surface area contributed by atoms with Crippen LogP contribution in [0, 0.1) is 0 Å². The van der Waals surface area contributed by atoms with Gasteiger partial charge in [-0.15, -0.1) is 0 Å². The highest BCUT2D eigenvalue weighted by atomic mass is 16.5. The molecule has 2 N–H and O–H groups in total. The molecule has 4 heteroatoms. The minimum absolute atomic E-state index is 0.406. The van der Waals surface area contributed by atoms with Crippen LogP contribution in [0.3, 0.4) is 0 Å². The molecule has 2 saturated heterocycles. The van der Waals surface area contributed by atoms with Crippen molar-refractivity contribution in [2.24, 2.45) is 0 Å². The number of hydrogen-bond acceptors (Lipinski definition) is 4. The van der Waals surface area contributed by atoms with Gasteiger partial charge in [-0.3, -0.25) is 0 Å². The summed E-state index contributed by atoms with van der Waals surface area (Å²) in [5, 5.41) is 0. The van der Waals surface area contributed by atoms with Crippen LogP contribution in [0.1, 0.15) is 6.42 Å². The maximum atomic E-state index is 5.66. The molecular formula is C10H13N3O. The predicted octanol–water partition coefficient (Wildman–Crippen LogP) is 0.641.